The lowest BCUT2D eigenvalue weighted by Crippen LogP contribution is -2.43. The van der Waals surface area contributed by atoms with Gasteiger partial charge in [0.15, 0.2) is 0 Å². The van der Waals surface area contributed by atoms with E-state index in [2.05, 4.69) is 20.2 Å². The zero-order chi connectivity index (χ0) is 13.9. The molecule has 0 aromatic carbocycles. The molecule has 0 spiro atoms. The molecule has 1 aromatic rings. The number of piperazine rings is 1. The molecule has 2 fully saturated rings. The van der Waals surface area contributed by atoms with Crippen LogP contribution in [0, 0.1) is 0 Å². The summed E-state index contributed by atoms with van der Waals surface area (Å²) in [6, 6.07) is 0. The Morgan fingerprint density at radius 1 is 1.25 bits per heavy atom. The molecule has 0 amide bonds. The van der Waals surface area contributed by atoms with E-state index in [4.69, 9.17) is 0 Å². The minimum atomic E-state index is -0.158. The van der Waals surface area contributed by atoms with E-state index in [0.717, 1.165) is 51.9 Å². The Kier molecular flexibility index (Phi) is 4.03. The standard InChI is InChI=1S/C14H22N4O2/c19-13-12(10-3-1-2-4-10)14(20)17-11(16-13)9-18-7-5-15-6-8-18/h10,15H,1-9H2,(H2,16,17,19,20). The van der Waals surface area contributed by atoms with Crippen LogP contribution in [0.15, 0.2) is 4.79 Å². The minimum Gasteiger partial charge on any atom is -0.493 e. The Hall–Kier alpha value is -1.40. The van der Waals surface area contributed by atoms with Crippen molar-refractivity contribution in [1.29, 1.82) is 0 Å². The quantitative estimate of drug-likeness (QED) is 0.752. The summed E-state index contributed by atoms with van der Waals surface area (Å²) in [5.74, 6) is 0.682. The highest BCUT2D eigenvalue weighted by atomic mass is 16.3. The van der Waals surface area contributed by atoms with Gasteiger partial charge in [0.25, 0.3) is 5.56 Å². The average Bonchev–Trinajstić information content (AvgIpc) is 2.93. The number of hydrogen-bond donors (Lipinski definition) is 3. The fraction of sp³-hybridized carbons (Fsp3) is 0.714. The van der Waals surface area contributed by atoms with Gasteiger partial charge < -0.3 is 15.4 Å². The lowest BCUT2D eigenvalue weighted by Gasteiger charge is -2.26. The van der Waals surface area contributed by atoms with Crippen molar-refractivity contribution in [2.45, 2.75) is 38.1 Å². The van der Waals surface area contributed by atoms with Crippen LogP contribution in [0.2, 0.25) is 0 Å². The largest absolute Gasteiger partial charge is 0.493 e. The van der Waals surface area contributed by atoms with E-state index in [1.807, 2.05) is 0 Å². The van der Waals surface area contributed by atoms with E-state index in [9.17, 15) is 9.90 Å². The maximum Gasteiger partial charge on any atom is 0.258 e. The van der Waals surface area contributed by atoms with Gasteiger partial charge in [0.05, 0.1) is 12.1 Å². The first-order valence-electron chi connectivity index (χ1n) is 7.49. The molecular weight excluding hydrogens is 256 g/mol. The number of rotatable bonds is 3. The van der Waals surface area contributed by atoms with Gasteiger partial charge in [-0.2, -0.15) is 4.98 Å². The third-order valence-electron chi connectivity index (χ3n) is 4.33. The van der Waals surface area contributed by atoms with Crippen LogP contribution in [0.1, 0.15) is 43.0 Å². The molecule has 0 atom stereocenters. The normalized spacial score (nSPS) is 21.4. The van der Waals surface area contributed by atoms with Gasteiger partial charge in [-0.1, -0.05) is 12.8 Å². The van der Waals surface area contributed by atoms with Crippen molar-refractivity contribution in [2.24, 2.45) is 0 Å². The third kappa shape index (κ3) is 2.86. The molecule has 1 aliphatic carbocycles. The molecule has 1 saturated carbocycles. The summed E-state index contributed by atoms with van der Waals surface area (Å²) in [5, 5.41) is 13.4. The first-order valence-corrected chi connectivity index (χ1v) is 7.49. The second kappa shape index (κ2) is 5.93. The van der Waals surface area contributed by atoms with Gasteiger partial charge in [0, 0.05) is 26.2 Å². The fourth-order valence-corrected chi connectivity index (χ4v) is 3.25. The Balaban J connectivity index is 1.78. The zero-order valence-electron chi connectivity index (χ0n) is 11.7. The highest BCUT2D eigenvalue weighted by molar-refractivity contribution is 5.27. The summed E-state index contributed by atoms with van der Waals surface area (Å²) in [6.07, 6.45) is 4.23. The van der Waals surface area contributed by atoms with Crippen LogP contribution in [0.4, 0.5) is 0 Å². The second-order valence-corrected chi connectivity index (χ2v) is 5.76. The molecule has 3 N–H and O–H groups in total. The summed E-state index contributed by atoms with van der Waals surface area (Å²) in [5.41, 5.74) is 0.334. The number of nitrogens with one attached hydrogen (secondary N) is 2. The van der Waals surface area contributed by atoms with Crippen molar-refractivity contribution in [3.63, 3.8) is 0 Å². The molecule has 2 aliphatic rings. The predicted octanol–water partition coefficient (Wildman–Crippen LogP) is 0.538. The highest BCUT2D eigenvalue weighted by Crippen LogP contribution is 2.35. The summed E-state index contributed by atoms with van der Waals surface area (Å²) < 4.78 is 0. The summed E-state index contributed by atoms with van der Waals surface area (Å²) >= 11 is 0. The zero-order valence-corrected chi connectivity index (χ0v) is 11.7. The molecule has 2 heterocycles. The summed E-state index contributed by atoms with van der Waals surface area (Å²) in [6.45, 7) is 4.38. The first-order chi connectivity index (χ1) is 9.74. The Labute approximate surface area is 118 Å². The van der Waals surface area contributed by atoms with E-state index < -0.39 is 0 Å². The molecule has 1 saturated heterocycles. The van der Waals surface area contributed by atoms with E-state index in [1.165, 1.54) is 0 Å². The van der Waals surface area contributed by atoms with Crippen LogP contribution >= 0.6 is 0 Å². The van der Waals surface area contributed by atoms with Gasteiger partial charge >= 0.3 is 0 Å². The van der Waals surface area contributed by atoms with Gasteiger partial charge in [-0.3, -0.25) is 9.69 Å². The predicted molar refractivity (Wildman–Crippen MR) is 75.9 cm³/mol. The smallest absolute Gasteiger partial charge is 0.258 e. The van der Waals surface area contributed by atoms with Crippen LogP contribution in [0.25, 0.3) is 0 Å². The lowest BCUT2D eigenvalue weighted by atomic mass is 10.00. The van der Waals surface area contributed by atoms with Gasteiger partial charge in [0.2, 0.25) is 5.88 Å². The van der Waals surface area contributed by atoms with E-state index in [-0.39, 0.29) is 17.4 Å². The number of aromatic amines is 1. The van der Waals surface area contributed by atoms with Gasteiger partial charge in [0.1, 0.15) is 5.82 Å². The third-order valence-corrected chi connectivity index (χ3v) is 4.33. The van der Waals surface area contributed by atoms with E-state index in [1.54, 1.807) is 0 Å². The van der Waals surface area contributed by atoms with Crippen molar-refractivity contribution < 1.29 is 5.11 Å². The molecule has 6 nitrogen and oxygen atoms in total. The number of hydrogen-bond acceptors (Lipinski definition) is 5. The number of aromatic hydroxyl groups is 1. The molecule has 20 heavy (non-hydrogen) atoms. The van der Waals surface area contributed by atoms with Crippen molar-refractivity contribution in [3.05, 3.63) is 21.7 Å². The number of nitrogens with zero attached hydrogens (tertiary/aromatic N) is 2. The van der Waals surface area contributed by atoms with Crippen LogP contribution < -0.4 is 10.9 Å². The van der Waals surface area contributed by atoms with E-state index in [0.29, 0.717) is 17.9 Å². The molecular formula is C14H22N4O2. The van der Waals surface area contributed by atoms with Crippen LogP contribution in [0.5, 0.6) is 5.88 Å². The Morgan fingerprint density at radius 2 is 1.95 bits per heavy atom. The summed E-state index contributed by atoms with van der Waals surface area (Å²) in [4.78, 5) is 21.5. The van der Waals surface area contributed by atoms with Crippen LogP contribution in [0.3, 0.4) is 0 Å². The molecule has 1 aliphatic heterocycles. The van der Waals surface area contributed by atoms with Crippen molar-refractivity contribution in [2.75, 3.05) is 26.2 Å². The minimum absolute atomic E-state index is 0.0641. The van der Waals surface area contributed by atoms with Gasteiger partial charge in [-0.15, -0.1) is 0 Å². The Morgan fingerprint density at radius 3 is 2.60 bits per heavy atom. The Bertz CT molecular complexity index is 516. The second-order valence-electron chi connectivity index (χ2n) is 5.76. The maximum atomic E-state index is 12.2. The maximum absolute atomic E-state index is 12.2. The van der Waals surface area contributed by atoms with Crippen molar-refractivity contribution >= 4 is 0 Å². The SMILES string of the molecule is O=c1[nH]c(CN2CCNCC2)nc(O)c1C1CCCC1. The molecule has 3 rings (SSSR count). The number of aromatic nitrogens is 2. The molecule has 0 unspecified atom stereocenters. The molecule has 0 bridgehead atoms. The molecule has 6 heteroatoms. The van der Waals surface area contributed by atoms with Gasteiger partial charge in [-0.05, 0) is 18.8 Å². The van der Waals surface area contributed by atoms with E-state index >= 15 is 0 Å². The molecule has 110 valence electrons. The lowest BCUT2D eigenvalue weighted by molar-refractivity contribution is 0.226. The summed E-state index contributed by atoms with van der Waals surface area (Å²) in [7, 11) is 0. The first kappa shape index (κ1) is 13.6. The van der Waals surface area contributed by atoms with Crippen molar-refractivity contribution in [3.8, 4) is 5.88 Å². The van der Waals surface area contributed by atoms with Crippen molar-refractivity contribution in [1.82, 2.24) is 20.2 Å². The monoisotopic (exact) mass is 278 g/mol. The topological polar surface area (TPSA) is 81.2 Å². The van der Waals surface area contributed by atoms with Gasteiger partial charge in [-0.25, -0.2) is 0 Å². The highest BCUT2D eigenvalue weighted by Gasteiger charge is 2.25. The van der Waals surface area contributed by atoms with Crippen LogP contribution in [-0.2, 0) is 6.54 Å². The molecule has 1 aromatic heterocycles. The average molecular weight is 278 g/mol. The fourth-order valence-electron chi connectivity index (χ4n) is 3.25. The molecule has 0 radical (unpaired) electrons. The number of H-pyrrole nitrogens is 1. The van der Waals surface area contributed by atoms with Crippen LogP contribution in [-0.4, -0.2) is 46.2 Å².